The van der Waals surface area contributed by atoms with Crippen LogP contribution in [0.1, 0.15) is 48.2 Å². The highest BCUT2D eigenvalue weighted by atomic mass is 32.2. The fraction of sp³-hybridized carbons (Fsp3) is 0.370. The summed E-state index contributed by atoms with van der Waals surface area (Å²) in [5.74, 6) is 1.17. The van der Waals surface area contributed by atoms with Crippen LogP contribution in [0.5, 0.6) is 5.75 Å². The average Bonchev–Trinajstić information content (AvgIpc) is 3.46. The van der Waals surface area contributed by atoms with Gasteiger partial charge in [0.1, 0.15) is 10.6 Å². The Kier molecular flexibility index (Phi) is 7.90. The van der Waals surface area contributed by atoms with Gasteiger partial charge in [0.05, 0.1) is 25.1 Å². The van der Waals surface area contributed by atoms with E-state index in [-0.39, 0.29) is 16.4 Å². The van der Waals surface area contributed by atoms with Gasteiger partial charge in [0.15, 0.2) is 5.12 Å². The second kappa shape index (κ2) is 10.9. The van der Waals surface area contributed by atoms with Crippen LogP contribution in [-0.2, 0) is 14.9 Å². The van der Waals surface area contributed by atoms with Crippen molar-refractivity contribution < 1.29 is 23.9 Å². The molecule has 0 bridgehead atoms. The maximum atomic E-state index is 12.9. The Balaban J connectivity index is 1.50. The monoisotopic (exact) mass is 526 g/mol. The molecule has 4 rings (SSSR count). The first-order valence-electron chi connectivity index (χ1n) is 11.8. The third kappa shape index (κ3) is 5.84. The van der Waals surface area contributed by atoms with Gasteiger partial charge in [-0.25, -0.2) is 9.59 Å². The lowest BCUT2D eigenvalue weighted by Gasteiger charge is -2.15. The topological polar surface area (TPSA) is 93.7 Å². The van der Waals surface area contributed by atoms with Crippen molar-refractivity contribution in [3.05, 3.63) is 52.2 Å². The van der Waals surface area contributed by atoms with E-state index < -0.39 is 12.0 Å². The van der Waals surface area contributed by atoms with Crippen molar-refractivity contribution in [3.8, 4) is 5.75 Å². The van der Waals surface area contributed by atoms with Gasteiger partial charge in [-0.1, -0.05) is 56.8 Å². The molecule has 0 radical (unpaired) electrons. The normalized spacial score (nSPS) is 15.7. The smallest absolute Gasteiger partial charge is 0.350 e. The lowest BCUT2D eigenvalue weighted by Crippen LogP contribution is -2.20. The first-order chi connectivity index (χ1) is 17.2. The van der Waals surface area contributed by atoms with Gasteiger partial charge in [-0.15, -0.1) is 11.3 Å². The van der Waals surface area contributed by atoms with E-state index in [4.69, 9.17) is 9.47 Å². The van der Waals surface area contributed by atoms with Crippen molar-refractivity contribution in [2.45, 2.75) is 39.0 Å². The molecule has 1 atom stereocenters. The molecule has 0 aliphatic carbocycles. The van der Waals surface area contributed by atoms with E-state index in [2.05, 4.69) is 10.6 Å². The summed E-state index contributed by atoms with van der Waals surface area (Å²) >= 11 is 2.72. The Morgan fingerprint density at radius 1 is 1.06 bits per heavy atom. The third-order valence-corrected chi connectivity index (χ3v) is 8.59. The number of nitrogens with one attached hydrogen (secondary N) is 2. The van der Waals surface area contributed by atoms with Crippen molar-refractivity contribution in [2.75, 3.05) is 30.1 Å². The first kappa shape index (κ1) is 26.0. The summed E-state index contributed by atoms with van der Waals surface area (Å²) < 4.78 is 10.9. The number of esters is 1. The fourth-order valence-electron chi connectivity index (χ4n) is 3.99. The van der Waals surface area contributed by atoms with Crippen LogP contribution in [0.25, 0.3) is 10.8 Å². The van der Waals surface area contributed by atoms with Gasteiger partial charge in [0.25, 0.3) is 0 Å². The second-order valence-electron chi connectivity index (χ2n) is 9.62. The van der Waals surface area contributed by atoms with Crippen LogP contribution in [-0.4, -0.2) is 36.6 Å². The number of urea groups is 1. The van der Waals surface area contributed by atoms with E-state index in [0.29, 0.717) is 35.0 Å². The largest absolute Gasteiger partial charge is 0.493 e. The Morgan fingerprint density at radius 2 is 1.78 bits per heavy atom. The van der Waals surface area contributed by atoms with Crippen LogP contribution in [0.15, 0.2) is 42.5 Å². The van der Waals surface area contributed by atoms with Crippen LogP contribution in [0.4, 0.5) is 16.2 Å². The number of methoxy groups -OCH3 is 1. The zero-order valence-electron chi connectivity index (χ0n) is 20.8. The number of benzene rings is 2. The molecule has 9 heteroatoms. The number of carbonyl (C=O) groups excluding carboxylic acids is 3. The van der Waals surface area contributed by atoms with Crippen LogP contribution >= 0.6 is 23.1 Å². The number of thiophene rings is 1. The van der Waals surface area contributed by atoms with E-state index >= 15 is 0 Å². The number of anilines is 2. The maximum absolute atomic E-state index is 12.9. The Morgan fingerprint density at radius 3 is 2.44 bits per heavy atom. The van der Waals surface area contributed by atoms with Crippen LogP contribution in [0.3, 0.4) is 0 Å². The number of hydrogen-bond donors (Lipinski definition) is 2. The predicted octanol–water partition coefficient (Wildman–Crippen LogP) is 6.68. The first-order valence-corrected chi connectivity index (χ1v) is 13.6. The Hall–Kier alpha value is -3.04. The highest BCUT2D eigenvalue weighted by Gasteiger charge is 2.26. The molecule has 2 aromatic carbocycles. The maximum Gasteiger partial charge on any atom is 0.350 e. The Labute approximate surface area is 218 Å². The van der Waals surface area contributed by atoms with Crippen molar-refractivity contribution in [3.63, 3.8) is 0 Å². The van der Waals surface area contributed by atoms with E-state index in [1.807, 2.05) is 57.2 Å². The van der Waals surface area contributed by atoms with Crippen LogP contribution in [0, 0.1) is 5.92 Å². The molecule has 36 heavy (non-hydrogen) atoms. The number of fused-ring (bicyclic) bond motifs is 1. The van der Waals surface area contributed by atoms with Gasteiger partial charge in [-0.05, 0) is 36.5 Å². The molecule has 1 aromatic heterocycles. The second-order valence-corrected chi connectivity index (χ2v) is 11.8. The number of ether oxygens (including phenoxy) is 2. The average molecular weight is 527 g/mol. The summed E-state index contributed by atoms with van der Waals surface area (Å²) in [4.78, 5) is 38.4. The minimum absolute atomic E-state index is 0.0664. The summed E-state index contributed by atoms with van der Waals surface area (Å²) in [6.07, 6.45) is 1.60. The molecule has 2 N–H and O–H groups in total. The molecular formula is C27H30N2O5S2. The predicted molar refractivity (Wildman–Crippen MR) is 147 cm³/mol. The lowest BCUT2D eigenvalue weighted by molar-refractivity contribution is -0.114. The minimum atomic E-state index is -0.490. The molecule has 1 saturated heterocycles. The standard InChI is InChI=1S/C27H30N2O5S2/c1-27(2,3)22-15-20(23(36-22)24(30)33-4)29-26(32)28-19-9-10-21(18-8-6-5-7-17(18)19)34-13-11-16-12-14-35-25(16)31/h5-10,15-16H,11-14H2,1-4H3,(H2,28,29,32). The fourth-order valence-corrected chi connectivity index (χ4v) is 6.16. The van der Waals surface area contributed by atoms with Crippen molar-refractivity contribution in [2.24, 2.45) is 5.92 Å². The summed E-state index contributed by atoms with van der Waals surface area (Å²) in [6.45, 7) is 6.59. The number of thioether (sulfide) groups is 1. The van der Waals surface area contributed by atoms with Crippen LogP contribution < -0.4 is 15.4 Å². The Bertz CT molecular complexity index is 1300. The molecule has 0 spiro atoms. The number of amides is 2. The van der Waals surface area contributed by atoms with E-state index in [0.717, 1.165) is 27.8 Å². The SMILES string of the molecule is COC(=O)c1sc(C(C)(C)C)cc1NC(=O)Nc1ccc(OCCC2CCSC2=O)c2ccccc12. The number of rotatable bonds is 7. The lowest BCUT2D eigenvalue weighted by atomic mass is 9.94. The molecule has 190 valence electrons. The van der Waals surface area contributed by atoms with E-state index in [1.165, 1.54) is 30.2 Å². The molecular weight excluding hydrogens is 496 g/mol. The van der Waals surface area contributed by atoms with Gasteiger partial charge < -0.3 is 20.1 Å². The quantitative estimate of drug-likeness (QED) is 0.334. The van der Waals surface area contributed by atoms with Crippen molar-refractivity contribution in [1.82, 2.24) is 0 Å². The molecule has 1 aliphatic heterocycles. The molecule has 1 fully saturated rings. The summed E-state index contributed by atoms with van der Waals surface area (Å²) in [6, 6.07) is 12.6. The highest BCUT2D eigenvalue weighted by molar-refractivity contribution is 8.14. The van der Waals surface area contributed by atoms with Gasteiger partial charge in [0.2, 0.25) is 0 Å². The molecule has 1 unspecified atom stereocenters. The van der Waals surface area contributed by atoms with E-state index in [9.17, 15) is 14.4 Å². The van der Waals surface area contributed by atoms with Gasteiger partial charge in [-0.2, -0.15) is 0 Å². The zero-order valence-corrected chi connectivity index (χ0v) is 22.4. The number of hydrogen-bond acceptors (Lipinski definition) is 7. The third-order valence-electron chi connectivity index (χ3n) is 5.99. The minimum Gasteiger partial charge on any atom is -0.493 e. The molecule has 7 nitrogen and oxygen atoms in total. The van der Waals surface area contributed by atoms with E-state index in [1.54, 1.807) is 6.07 Å². The molecule has 1 aliphatic rings. The highest BCUT2D eigenvalue weighted by Crippen LogP contribution is 2.37. The summed E-state index contributed by atoms with van der Waals surface area (Å²) in [5, 5.41) is 7.65. The molecule has 2 amide bonds. The van der Waals surface area contributed by atoms with Gasteiger partial charge in [-0.3, -0.25) is 4.79 Å². The van der Waals surface area contributed by atoms with Gasteiger partial charge >= 0.3 is 12.0 Å². The summed E-state index contributed by atoms with van der Waals surface area (Å²) in [5.41, 5.74) is 0.849. The number of carbonyl (C=O) groups is 3. The molecule has 0 saturated carbocycles. The van der Waals surface area contributed by atoms with Crippen molar-refractivity contribution >= 4 is 62.4 Å². The zero-order chi connectivity index (χ0) is 25.9. The summed E-state index contributed by atoms with van der Waals surface area (Å²) in [7, 11) is 1.32. The molecule has 3 aromatic rings. The van der Waals surface area contributed by atoms with Crippen LogP contribution in [0.2, 0.25) is 0 Å². The van der Waals surface area contributed by atoms with Gasteiger partial charge in [0, 0.05) is 27.3 Å². The van der Waals surface area contributed by atoms with Crippen molar-refractivity contribution in [1.29, 1.82) is 0 Å². The molecule has 2 heterocycles.